The van der Waals surface area contributed by atoms with E-state index in [4.69, 9.17) is 0 Å². The molecule has 1 heterocycles. The highest BCUT2D eigenvalue weighted by molar-refractivity contribution is 7.99. The van der Waals surface area contributed by atoms with E-state index in [2.05, 4.69) is 10.4 Å². The molecular weight excluding hydrogens is 252 g/mol. The number of aromatic nitrogens is 2. The lowest BCUT2D eigenvalue weighted by atomic mass is 10.3. The number of para-hydroxylation sites is 1. The predicted molar refractivity (Wildman–Crippen MR) is 70.0 cm³/mol. The van der Waals surface area contributed by atoms with Gasteiger partial charge >= 0.3 is 5.69 Å². The summed E-state index contributed by atoms with van der Waals surface area (Å²) < 4.78 is 1.66. The molecule has 94 valence electrons. The summed E-state index contributed by atoms with van der Waals surface area (Å²) in [6, 6.07) is 5.21. The number of nitrogens with one attached hydrogen (secondary N) is 1. The van der Waals surface area contributed by atoms with Gasteiger partial charge in [-0.15, -0.1) is 0 Å². The Kier molecular flexibility index (Phi) is 3.52. The van der Waals surface area contributed by atoms with Crippen LogP contribution >= 0.6 is 11.8 Å². The largest absolute Gasteiger partial charge is 0.383 e. The first-order chi connectivity index (χ1) is 8.61. The molecule has 0 radical (unpaired) electrons. The van der Waals surface area contributed by atoms with Gasteiger partial charge < -0.3 is 5.32 Å². The van der Waals surface area contributed by atoms with Gasteiger partial charge in [-0.3, -0.25) is 14.8 Å². The molecule has 0 aliphatic heterocycles. The van der Waals surface area contributed by atoms with Crippen LogP contribution in [0.1, 0.15) is 0 Å². The van der Waals surface area contributed by atoms with Crippen LogP contribution in [-0.2, 0) is 7.05 Å². The molecular formula is C11H12N4O2S. The van der Waals surface area contributed by atoms with Crippen LogP contribution < -0.4 is 5.32 Å². The number of aryl methyl sites for hydroxylation is 1. The van der Waals surface area contributed by atoms with Crippen molar-refractivity contribution in [3.63, 3.8) is 0 Å². The summed E-state index contributed by atoms with van der Waals surface area (Å²) in [5, 5.41) is 18.0. The van der Waals surface area contributed by atoms with Crippen LogP contribution in [0.5, 0.6) is 0 Å². The maximum atomic E-state index is 11.1. The van der Waals surface area contributed by atoms with Gasteiger partial charge in [0.05, 0.1) is 20.9 Å². The van der Waals surface area contributed by atoms with Gasteiger partial charge in [0, 0.05) is 20.3 Å². The number of hydrogen-bond donors (Lipinski definition) is 1. The molecule has 0 fully saturated rings. The van der Waals surface area contributed by atoms with Crippen molar-refractivity contribution in [1.29, 1.82) is 0 Å². The van der Waals surface area contributed by atoms with E-state index in [1.54, 1.807) is 36.1 Å². The summed E-state index contributed by atoms with van der Waals surface area (Å²) in [6.45, 7) is 0. The number of nitro benzene ring substituents is 1. The molecule has 0 atom stereocenters. The summed E-state index contributed by atoms with van der Waals surface area (Å²) in [6.07, 6.45) is 3.50. The summed E-state index contributed by atoms with van der Waals surface area (Å²) in [4.78, 5) is 12.2. The smallest absolute Gasteiger partial charge is 0.306 e. The Morgan fingerprint density at radius 1 is 1.50 bits per heavy atom. The summed E-state index contributed by atoms with van der Waals surface area (Å²) in [5.74, 6) is 0. The van der Waals surface area contributed by atoms with Gasteiger partial charge in [0.15, 0.2) is 0 Å². The third kappa shape index (κ3) is 2.45. The zero-order valence-corrected chi connectivity index (χ0v) is 10.8. The number of nitrogens with zero attached hydrogens (tertiary/aromatic N) is 3. The van der Waals surface area contributed by atoms with Crippen LogP contribution in [-0.4, -0.2) is 21.8 Å². The van der Waals surface area contributed by atoms with Crippen molar-refractivity contribution in [3.05, 3.63) is 40.7 Å². The zero-order chi connectivity index (χ0) is 13.1. The molecule has 1 N–H and O–H groups in total. The molecule has 1 aromatic heterocycles. The van der Waals surface area contributed by atoms with Crippen LogP contribution in [0, 0.1) is 10.1 Å². The van der Waals surface area contributed by atoms with Crippen LogP contribution in [0.25, 0.3) is 0 Å². The number of benzene rings is 1. The average Bonchev–Trinajstić information content (AvgIpc) is 2.74. The number of hydrogen-bond acceptors (Lipinski definition) is 5. The van der Waals surface area contributed by atoms with Crippen LogP contribution in [0.15, 0.2) is 40.4 Å². The number of nitro groups is 1. The van der Waals surface area contributed by atoms with Crippen molar-refractivity contribution in [2.75, 3.05) is 12.4 Å². The number of anilines is 1. The van der Waals surface area contributed by atoms with Crippen LogP contribution in [0.3, 0.4) is 0 Å². The van der Waals surface area contributed by atoms with Gasteiger partial charge in [0.25, 0.3) is 0 Å². The van der Waals surface area contributed by atoms with E-state index < -0.39 is 0 Å². The molecule has 0 amide bonds. The van der Waals surface area contributed by atoms with Crippen LogP contribution in [0.2, 0.25) is 0 Å². The maximum absolute atomic E-state index is 11.1. The first kappa shape index (κ1) is 12.4. The highest BCUT2D eigenvalue weighted by Crippen LogP contribution is 2.38. The molecule has 0 unspecified atom stereocenters. The molecule has 6 nitrogen and oxygen atoms in total. The molecule has 2 aromatic rings. The first-order valence-corrected chi connectivity index (χ1v) is 6.05. The zero-order valence-electron chi connectivity index (χ0n) is 9.95. The Balaban J connectivity index is 2.41. The summed E-state index contributed by atoms with van der Waals surface area (Å²) in [5.41, 5.74) is 0.600. The van der Waals surface area contributed by atoms with E-state index in [1.165, 1.54) is 11.8 Å². The second kappa shape index (κ2) is 5.09. The molecule has 7 heteroatoms. The lowest BCUT2D eigenvalue weighted by Gasteiger charge is -2.05. The second-order valence-electron chi connectivity index (χ2n) is 3.61. The van der Waals surface area contributed by atoms with Crippen molar-refractivity contribution in [1.82, 2.24) is 9.78 Å². The molecule has 0 aliphatic rings. The summed E-state index contributed by atoms with van der Waals surface area (Å²) in [7, 11) is 3.48. The minimum absolute atomic E-state index is 0.0915. The molecule has 1 aromatic carbocycles. The standard InChI is InChI=1S/C11H12N4O2S/c1-12-9-4-3-5-10(11(9)15(16)17)18-8-6-13-14(2)7-8/h3-7,12H,1-2H3. The summed E-state index contributed by atoms with van der Waals surface area (Å²) >= 11 is 1.33. The van der Waals surface area contributed by atoms with E-state index >= 15 is 0 Å². The van der Waals surface area contributed by atoms with Crippen LogP contribution in [0.4, 0.5) is 11.4 Å². The molecule has 0 saturated heterocycles. The Bertz CT molecular complexity index is 582. The van der Waals surface area contributed by atoms with E-state index in [9.17, 15) is 10.1 Å². The second-order valence-corrected chi connectivity index (χ2v) is 4.73. The third-order valence-corrected chi connectivity index (χ3v) is 3.36. The van der Waals surface area contributed by atoms with Gasteiger partial charge in [-0.25, -0.2) is 0 Å². The average molecular weight is 264 g/mol. The molecule has 18 heavy (non-hydrogen) atoms. The maximum Gasteiger partial charge on any atom is 0.306 e. The fourth-order valence-electron chi connectivity index (χ4n) is 1.57. The van der Waals surface area contributed by atoms with Crippen molar-refractivity contribution < 1.29 is 4.92 Å². The Labute approximate surface area is 108 Å². The first-order valence-electron chi connectivity index (χ1n) is 5.23. The lowest BCUT2D eigenvalue weighted by Crippen LogP contribution is -1.97. The number of rotatable bonds is 4. The third-order valence-electron chi connectivity index (χ3n) is 2.36. The Morgan fingerprint density at radius 2 is 2.28 bits per heavy atom. The normalized spacial score (nSPS) is 10.3. The van der Waals surface area contributed by atoms with Gasteiger partial charge in [0.1, 0.15) is 5.69 Å². The predicted octanol–water partition coefficient (Wildman–Crippen LogP) is 2.52. The monoisotopic (exact) mass is 264 g/mol. The molecule has 2 rings (SSSR count). The molecule has 0 aliphatic carbocycles. The van der Waals surface area contributed by atoms with Crippen molar-refractivity contribution in [2.45, 2.75) is 9.79 Å². The van der Waals surface area contributed by atoms with Gasteiger partial charge in [-0.2, -0.15) is 5.10 Å². The van der Waals surface area contributed by atoms with E-state index in [0.29, 0.717) is 10.6 Å². The minimum atomic E-state index is -0.371. The minimum Gasteiger partial charge on any atom is -0.383 e. The highest BCUT2D eigenvalue weighted by Gasteiger charge is 2.19. The van der Waals surface area contributed by atoms with Crippen molar-refractivity contribution in [2.24, 2.45) is 7.05 Å². The fourth-order valence-corrected chi connectivity index (χ4v) is 2.56. The van der Waals surface area contributed by atoms with Gasteiger partial charge in [-0.1, -0.05) is 17.8 Å². The highest BCUT2D eigenvalue weighted by atomic mass is 32.2. The van der Waals surface area contributed by atoms with E-state index in [-0.39, 0.29) is 10.6 Å². The Morgan fingerprint density at radius 3 is 2.83 bits per heavy atom. The molecule has 0 saturated carbocycles. The quantitative estimate of drug-likeness (QED) is 0.678. The van der Waals surface area contributed by atoms with E-state index in [0.717, 1.165) is 4.90 Å². The Hall–Kier alpha value is -2.02. The van der Waals surface area contributed by atoms with Gasteiger partial charge in [0.2, 0.25) is 0 Å². The van der Waals surface area contributed by atoms with E-state index in [1.807, 2.05) is 13.2 Å². The van der Waals surface area contributed by atoms with Crippen molar-refractivity contribution in [3.8, 4) is 0 Å². The lowest BCUT2D eigenvalue weighted by molar-refractivity contribution is -0.386. The van der Waals surface area contributed by atoms with Gasteiger partial charge in [-0.05, 0) is 12.1 Å². The molecule has 0 bridgehead atoms. The van der Waals surface area contributed by atoms with Crippen molar-refractivity contribution >= 4 is 23.1 Å². The topological polar surface area (TPSA) is 73.0 Å². The SMILES string of the molecule is CNc1cccc(Sc2cnn(C)c2)c1[N+](=O)[O-]. The fraction of sp³-hybridized carbons (Fsp3) is 0.182. The molecule has 0 spiro atoms.